The Kier molecular flexibility index (Phi) is 5.44. The number of hydrogen-bond acceptors (Lipinski definition) is 4. The quantitative estimate of drug-likeness (QED) is 0.296. The number of aromatic nitrogens is 4. The monoisotopic (exact) mass is 497 g/mol. The molecular formula is C23H17Cl2N5O2S. The van der Waals surface area contributed by atoms with Gasteiger partial charge in [-0.1, -0.05) is 53.5 Å². The number of benzene rings is 3. The number of aryl methyl sites for hydroxylation is 1. The number of hydrogen-bond donors (Lipinski definition) is 0. The Bertz CT molecular complexity index is 1630. The van der Waals surface area contributed by atoms with Crippen molar-refractivity contribution in [1.82, 2.24) is 14.5 Å². The van der Waals surface area contributed by atoms with E-state index in [1.54, 1.807) is 16.7 Å². The Morgan fingerprint density at radius 2 is 1.67 bits per heavy atom. The highest BCUT2D eigenvalue weighted by Crippen LogP contribution is 2.36. The summed E-state index contributed by atoms with van der Waals surface area (Å²) in [5.74, 6) is 0.243. The lowest BCUT2D eigenvalue weighted by Gasteiger charge is -2.19. The van der Waals surface area contributed by atoms with Crippen LogP contribution >= 0.6 is 23.2 Å². The summed E-state index contributed by atoms with van der Waals surface area (Å²) in [5.41, 5.74) is 2.96. The second-order valence-electron chi connectivity index (χ2n) is 7.26. The topological polar surface area (TPSA) is 82.8 Å². The van der Waals surface area contributed by atoms with Crippen molar-refractivity contribution in [3.05, 3.63) is 87.8 Å². The van der Waals surface area contributed by atoms with Crippen LogP contribution in [-0.2, 0) is 16.6 Å². The fourth-order valence-electron chi connectivity index (χ4n) is 3.64. The van der Waals surface area contributed by atoms with Crippen LogP contribution in [-0.4, -0.2) is 23.0 Å². The summed E-state index contributed by atoms with van der Waals surface area (Å²) in [6.45, 7) is 2.75. The number of imidazole rings is 1. The van der Waals surface area contributed by atoms with Crippen molar-refractivity contribution >= 4 is 61.1 Å². The molecule has 0 bridgehead atoms. The summed E-state index contributed by atoms with van der Waals surface area (Å²) >= 11 is 12.2. The molecule has 0 spiro atoms. The largest absolute Gasteiger partial charge is 0.429 e. The van der Waals surface area contributed by atoms with E-state index in [4.69, 9.17) is 28.2 Å². The average Bonchev–Trinajstić information content (AvgIpc) is 3.18. The molecule has 2 heterocycles. The van der Waals surface area contributed by atoms with Gasteiger partial charge in [-0.05, 0) is 48.8 Å². The van der Waals surface area contributed by atoms with E-state index in [0.717, 1.165) is 17.6 Å². The van der Waals surface area contributed by atoms with Crippen molar-refractivity contribution in [2.45, 2.75) is 18.4 Å². The van der Waals surface area contributed by atoms with Crippen LogP contribution in [0.3, 0.4) is 0 Å². The molecule has 0 aliphatic heterocycles. The zero-order chi connectivity index (χ0) is 23.2. The molecule has 0 aliphatic carbocycles. The van der Waals surface area contributed by atoms with Crippen LogP contribution in [0, 0.1) is 0 Å². The third-order valence-corrected chi connectivity index (χ3v) is 7.17. The molecule has 33 heavy (non-hydrogen) atoms. The van der Waals surface area contributed by atoms with Gasteiger partial charge in [0, 0.05) is 10.8 Å². The van der Waals surface area contributed by atoms with Crippen molar-refractivity contribution in [3.8, 4) is 5.82 Å². The second kappa shape index (κ2) is 8.30. The third-order valence-electron chi connectivity index (χ3n) is 5.19. The Morgan fingerprint density at radius 1 is 0.970 bits per heavy atom. The van der Waals surface area contributed by atoms with Gasteiger partial charge in [0.1, 0.15) is 0 Å². The molecule has 0 saturated heterocycles. The molecule has 7 nitrogen and oxygen atoms in total. The zero-order valence-electron chi connectivity index (χ0n) is 17.4. The molecule has 0 N–H and O–H groups in total. The lowest BCUT2D eigenvalue weighted by atomic mass is 10.3. The van der Waals surface area contributed by atoms with Crippen molar-refractivity contribution in [2.24, 2.45) is 0 Å². The number of sulfonamides is 1. The minimum atomic E-state index is -4.23. The Morgan fingerprint density at radius 3 is 2.42 bits per heavy atom. The van der Waals surface area contributed by atoms with Gasteiger partial charge < -0.3 is 9.71 Å². The summed E-state index contributed by atoms with van der Waals surface area (Å²) in [4.78, 5) is 9.08. The van der Waals surface area contributed by atoms with Crippen molar-refractivity contribution in [1.29, 1.82) is 0 Å². The highest BCUT2D eigenvalue weighted by atomic mass is 35.5. The predicted molar refractivity (Wildman–Crippen MR) is 129 cm³/mol. The molecular weight excluding hydrogens is 481 g/mol. The van der Waals surface area contributed by atoms with Crippen LogP contribution in [0.4, 0.5) is 5.82 Å². The summed E-state index contributed by atoms with van der Waals surface area (Å²) in [7, 11) is -4.23. The SMILES string of the molecule is CC[n+]1cn(-c2nc3ccccc3nc2[N-]S(=O)(=O)c2cc(Cl)ccc2Cl)c2ccccc21. The first-order valence-electron chi connectivity index (χ1n) is 10.1. The summed E-state index contributed by atoms with van der Waals surface area (Å²) < 4.78 is 34.3. The molecule has 0 fully saturated rings. The molecule has 0 amide bonds. The number of rotatable bonds is 5. The van der Waals surface area contributed by atoms with Crippen molar-refractivity contribution in [3.63, 3.8) is 0 Å². The van der Waals surface area contributed by atoms with Gasteiger partial charge in [-0.15, -0.1) is 0 Å². The molecule has 3 aromatic carbocycles. The Hall–Kier alpha value is -3.20. The summed E-state index contributed by atoms with van der Waals surface area (Å²) in [6.07, 6.45) is 1.86. The highest BCUT2D eigenvalue weighted by molar-refractivity contribution is 7.94. The standard InChI is InChI=1S/C23H17Cl2N5O2S/c1-2-29-14-30(20-10-6-5-9-19(20)29)23-22(26-17-7-3-4-8-18(17)27-23)28-33(31,32)21-13-15(24)11-12-16(21)25/h3-14H,2H2,1H3. The van der Waals surface area contributed by atoms with E-state index in [1.807, 2.05) is 54.2 Å². The second-order valence-corrected chi connectivity index (χ2v) is 9.68. The summed E-state index contributed by atoms with van der Waals surface area (Å²) in [6, 6.07) is 19.2. The molecule has 0 atom stereocenters. The minimum absolute atomic E-state index is 0.0219. The fourth-order valence-corrected chi connectivity index (χ4v) is 5.32. The van der Waals surface area contributed by atoms with Crippen LogP contribution in [0.15, 0.2) is 78.0 Å². The Labute approximate surface area is 200 Å². The van der Waals surface area contributed by atoms with Crippen LogP contribution in [0.1, 0.15) is 6.92 Å². The normalized spacial score (nSPS) is 11.8. The maximum absolute atomic E-state index is 13.2. The number of para-hydroxylation sites is 4. The van der Waals surface area contributed by atoms with Gasteiger partial charge in [-0.3, -0.25) is 0 Å². The van der Waals surface area contributed by atoms with Crippen LogP contribution < -0.4 is 4.57 Å². The zero-order valence-corrected chi connectivity index (χ0v) is 19.7. The molecule has 5 rings (SSSR count). The van der Waals surface area contributed by atoms with Crippen LogP contribution in [0.25, 0.3) is 32.6 Å². The van der Waals surface area contributed by atoms with E-state index in [1.165, 1.54) is 18.2 Å². The van der Waals surface area contributed by atoms with Gasteiger partial charge in [0.05, 0.1) is 22.0 Å². The van der Waals surface area contributed by atoms with Crippen LogP contribution in [0.2, 0.25) is 10.0 Å². The molecule has 166 valence electrons. The maximum Gasteiger partial charge on any atom is 0.251 e. The van der Waals surface area contributed by atoms with Gasteiger partial charge >= 0.3 is 0 Å². The first kappa shape index (κ1) is 21.6. The molecule has 0 saturated carbocycles. The molecule has 0 unspecified atom stereocenters. The number of nitrogens with zero attached hydrogens (tertiary/aromatic N) is 5. The lowest BCUT2D eigenvalue weighted by Crippen LogP contribution is -2.30. The van der Waals surface area contributed by atoms with Gasteiger partial charge in [0.2, 0.25) is 15.8 Å². The average molecular weight is 498 g/mol. The van der Waals surface area contributed by atoms with Gasteiger partial charge in [0.25, 0.3) is 6.33 Å². The van der Waals surface area contributed by atoms with Gasteiger partial charge in [0.15, 0.2) is 11.0 Å². The van der Waals surface area contributed by atoms with Gasteiger partial charge in [-0.25, -0.2) is 18.0 Å². The van der Waals surface area contributed by atoms with Crippen LogP contribution in [0.5, 0.6) is 0 Å². The number of fused-ring (bicyclic) bond motifs is 2. The van der Waals surface area contributed by atoms with E-state index in [0.29, 0.717) is 16.9 Å². The molecule has 2 aromatic heterocycles. The fraction of sp³-hybridized carbons (Fsp3) is 0.0870. The van der Waals surface area contributed by atoms with E-state index < -0.39 is 10.0 Å². The maximum atomic E-state index is 13.2. The van der Waals surface area contributed by atoms with Crippen molar-refractivity contribution < 1.29 is 13.0 Å². The van der Waals surface area contributed by atoms with E-state index in [2.05, 4.69) is 9.71 Å². The molecule has 5 aromatic rings. The number of halogens is 2. The molecule has 0 radical (unpaired) electrons. The Balaban J connectivity index is 1.75. The first-order valence-corrected chi connectivity index (χ1v) is 12.3. The molecule has 10 heteroatoms. The minimum Gasteiger partial charge on any atom is -0.429 e. The third kappa shape index (κ3) is 3.90. The van der Waals surface area contributed by atoms with E-state index >= 15 is 0 Å². The van der Waals surface area contributed by atoms with Gasteiger partial charge in [-0.2, -0.15) is 4.57 Å². The van der Waals surface area contributed by atoms with E-state index in [9.17, 15) is 8.42 Å². The predicted octanol–water partition coefficient (Wildman–Crippen LogP) is 5.58. The van der Waals surface area contributed by atoms with Crippen molar-refractivity contribution in [2.75, 3.05) is 0 Å². The summed E-state index contributed by atoms with van der Waals surface area (Å²) in [5, 5.41) is 0.257. The van der Waals surface area contributed by atoms with E-state index in [-0.39, 0.29) is 20.8 Å². The first-order chi connectivity index (χ1) is 15.9. The molecule has 0 aliphatic rings. The lowest BCUT2D eigenvalue weighted by molar-refractivity contribution is -0.668. The highest BCUT2D eigenvalue weighted by Gasteiger charge is 2.22. The smallest absolute Gasteiger partial charge is 0.251 e.